The average Bonchev–Trinajstić information content (AvgIpc) is 2.91. The molecule has 2 aliphatic carbocycles. The molecule has 0 bridgehead atoms. The molecule has 1 N–H and O–H groups in total. The van der Waals surface area contributed by atoms with Gasteiger partial charge in [-0.25, -0.2) is 13.1 Å². The van der Waals surface area contributed by atoms with Crippen LogP contribution in [0.1, 0.15) is 44.1 Å². The molecule has 18 heavy (non-hydrogen) atoms. The summed E-state index contributed by atoms with van der Waals surface area (Å²) in [5, 5.41) is 4.15. The zero-order valence-corrected chi connectivity index (χ0v) is 12.0. The molecular weight excluding hydrogens is 266 g/mol. The van der Waals surface area contributed by atoms with Gasteiger partial charge in [-0.2, -0.15) is 11.3 Å². The van der Waals surface area contributed by atoms with Gasteiger partial charge in [0.25, 0.3) is 0 Å². The Morgan fingerprint density at radius 3 is 2.61 bits per heavy atom. The van der Waals surface area contributed by atoms with Gasteiger partial charge in [0.15, 0.2) is 0 Å². The highest BCUT2D eigenvalue weighted by Gasteiger charge is 2.40. The minimum Gasteiger partial charge on any atom is -0.214 e. The van der Waals surface area contributed by atoms with Crippen molar-refractivity contribution in [3.63, 3.8) is 0 Å². The third-order valence-electron chi connectivity index (χ3n) is 4.27. The number of hydrogen-bond acceptors (Lipinski definition) is 3. The normalized spacial score (nSPS) is 23.3. The Hall–Kier alpha value is -0.390. The summed E-state index contributed by atoms with van der Waals surface area (Å²) in [6.45, 7) is 0.586. The quantitative estimate of drug-likeness (QED) is 0.904. The molecule has 0 atom stereocenters. The minimum absolute atomic E-state index is 0.0575. The van der Waals surface area contributed by atoms with Crippen molar-refractivity contribution in [1.82, 2.24) is 4.72 Å². The average molecular weight is 285 g/mol. The number of nitrogens with one attached hydrogen (secondary N) is 1. The van der Waals surface area contributed by atoms with Gasteiger partial charge in [0, 0.05) is 12.0 Å². The van der Waals surface area contributed by atoms with Crippen LogP contribution in [0.2, 0.25) is 0 Å². The smallest absolute Gasteiger partial charge is 0.214 e. The van der Waals surface area contributed by atoms with Crippen LogP contribution in [0.3, 0.4) is 0 Å². The van der Waals surface area contributed by atoms with Gasteiger partial charge in [0.2, 0.25) is 10.0 Å². The maximum absolute atomic E-state index is 12.0. The van der Waals surface area contributed by atoms with E-state index < -0.39 is 10.0 Å². The topological polar surface area (TPSA) is 46.2 Å². The van der Waals surface area contributed by atoms with Gasteiger partial charge in [-0.15, -0.1) is 0 Å². The molecule has 2 saturated carbocycles. The van der Waals surface area contributed by atoms with E-state index in [2.05, 4.69) is 21.5 Å². The maximum Gasteiger partial charge on any atom is 0.214 e. The Morgan fingerprint density at radius 2 is 2.06 bits per heavy atom. The lowest BCUT2D eigenvalue weighted by atomic mass is 9.81. The van der Waals surface area contributed by atoms with Crippen LogP contribution in [0.25, 0.3) is 0 Å². The molecule has 1 heterocycles. The number of rotatable bonds is 5. The zero-order chi connectivity index (χ0) is 12.6. The van der Waals surface area contributed by atoms with Gasteiger partial charge < -0.3 is 0 Å². The van der Waals surface area contributed by atoms with Crippen LogP contribution in [0.5, 0.6) is 0 Å². The second kappa shape index (κ2) is 4.62. The number of hydrogen-bond donors (Lipinski definition) is 1. The van der Waals surface area contributed by atoms with E-state index in [0.29, 0.717) is 6.54 Å². The number of sulfonamides is 1. The summed E-state index contributed by atoms with van der Waals surface area (Å²) in [7, 11) is -3.05. The molecule has 0 unspecified atom stereocenters. The van der Waals surface area contributed by atoms with Crippen molar-refractivity contribution in [3.05, 3.63) is 22.4 Å². The van der Waals surface area contributed by atoms with Gasteiger partial charge in [-0.3, -0.25) is 0 Å². The van der Waals surface area contributed by atoms with Crippen molar-refractivity contribution >= 4 is 21.4 Å². The first-order chi connectivity index (χ1) is 8.62. The molecule has 1 aromatic heterocycles. The first kappa shape index (κ1) is 12.6. The van der Waals surface area contributed by atoms with Crippen LogP contribution in [0.15, 0.2) is 16.8 Å². The van der Waals surface area contributed by atoms with Gasteiger partial charge in [0.1, 0.15) is 0 Å². The van der Waals surface area contributed by atoms with Crippen LogP contribution in [0.4, 0.5) is 0 Å². The van der Waals surface area contributed by atoms with E-state index in [0.717, 1.165) is 25.7 Å². The predicted molar refractivity (Wildman–Crippen MR) is 74.4 cm³/mol. The third-order valence-corrected chi connectivity index (χ3v) is 6.85. The third kappa shape index (κ3) is 2.36. The first-order valence-corrected chi connectivity index (χ1v) is 9.13. The summed E-state index contributed by atoms with van der Waals surface area (Å²) < 4.78 is 26.8. The minimum atomic E-state index is -3.05. The fraction of sp³-hybridized carbons (Fsp3) is 0.692. The Balaban J connectivity index is 1.75. The summed E-state index contributed by atoms with van der Waals surface area (Å²) in [6, 6.07) is 2.15. The molecule has 0 aromatic carbocycles. The van der Waals surface area contributed by atoms with Gasteiger partial charge in [0.05, 0.1) is 5.25 Å². The Labute approximate surface area is 113 Å². The van der Waals surface area contributed by atoms with Gasteiger partial charge in [-0.1, -0.05) is 12.8 Å². The lowest BCUT2D eigenvalue weighted by Gasteiger charge is -2.28. The summed E-state index contributed by atoms with van der Waals surface area (Å²) in [4.78, 5) is 0. The second-order valence-corrected chi connectivity index (χ2v) is 8.39. The highest BCUT2D eigenvalue weighted by molar-refractivity contribution is 7.90. The Morgan fingerprint density at radius 1 is 1.33 bits per heavy atom. The van der Waals surface area contributed by atoms with E-state index in [4.69, 9.17) is 0 Å². The van der Waals surface area contributed by atoms with Crippen LogP contribution in [0, 0.1) is 0 Å². The Kier molecular flexibility index (Phi) is 3.24. The SMILES string of the molecule is O=S(=O)(NCC1(c2ccsc2)CCCC1)C1CC1. The van der Waals surface area contributed by atoms with Crippen LogP contribution >= 0.6 is 11.3 Å². The van der Waals surface area contributed by atoms with E-state index in [1.54, 1.807) is 11.3 Å². The lowest BCUT2D eigenvalue weighted by molar-refractivity contribution is 0.433. The molecule has 2 fully saturated rings. The molecule has 3 nitrogen and oxygen atoms in total. The molecular formula is C13H19NO2S2. The van der Waals surface area contributed by atoms with Crippen molar-refractivity contribution < 1.29 is 8.42 Å². The fourth-order valence-corrected chi connectivity index (χ4v) is 5.17. The first-order valence-electron chi connectivity index (χ1n) is 6.64. The standard InChI is InChI=1S/C13H19NO2S2/c15-18(16,12-3-4-12)14-10-13(6-1-2-7-13)11-5-8-17-9-11/h5,8-9,12,14H,1-4,6-7,10H2. The van der Waals surface area contributed by atoms with Crippen molar-refractivity contribution in [2.75, 3.05) is 6.54 Å². The van der Waals surface area contributed by atoms with Crippen molar-refractivity contribution in [2.24, 2.45) is 0 Å². The van der Waals surface area contributed by atoms with E-state index >= 15 is 0 Å². The molecule has 3 rings (SSSR count). The van der Waals surface area contributed by atoms with Crippen LogP contribution in [-0.4, -0.2) is 20.2 Å². The highest BCUT2D eigenvalue weighted by Crippen LogP contribution is 2.42. The molecule has 0 aliphatic heterocycles. The van der Waals surface area contributed by atoms with Gasteiger partial charge >= 0.3 is 0 Å². The maximum atomic E-state index is 12.0. The molecule has 100 valence electrons. The van der Waals surface area contributed by atoms with Crippen LogP contribution in [-0.2, 0) is 15.4 Å². The van der Waals surface area contributed by atoms with E-state index in [1.807, 2.05) is 0 Å². The molecule has 1 aromatic rings. The molecule has 2 aliphatic rings. The van der Waals surface area contributed by atoms with E-state index in [1.165, 1.54) is 18.4 Å². The molecule has 0 spiro atoms. The Bertz CT molecular complexity index is 497. The fourth-order valence-electron chi connectivity index (χ4n) is 2.92. The zero-order valence-electron chi connectivity index (χ0n) is 10.4. The largest absolute Gasteiger partial charge is 0.214 e. The van der Waals surface area contributed by atoms with Gasteiger partial charge in [-0.05, 0) is 48.1 Å². The predicted octanol–water partition coefficient (Wildman–Crippen LogP) is 2.64. The van der Waals surface area contributed by atoms with Crippen molar-refractivity contribution in [3.8, 4) is 0 Å². The van der Waals surface area contributed by atoms with Crippen LogP contribution < -0.4 is 4.72 Å². The van der Waals surface area contributed by atoms with Crippen molar-refractivity contribution in [2.45, 2.75) is 49.2 Å². The summed E-state index contributed by atoms with van der Waals surface area (Å²) >= 11 is 1.70. The number of thiophene rings is 1. The lowest BCUT2D eigenvalue weighted by Crippen LogP contribution is -2.40. The van der Waals surface area contributed by atoms with E-state index in [9.17, 15) is 8.42 Å². The molecule has 0 saturated heterocycles. The van der Waals surface area contributed by atoms with Crippen molar-refractivity contribution in [1.29, 1.82) is 0 Å². The summed E-state index contributed by atoms with van der Waals surface area (Å²) in [6.07, 6.45) is 6.30. The highest BCUT2D eigenvalue weighted by atomic mass is 32.2. The molecule has 0 amide bonds. The summed E-state index contributed by atoms with van der Waals surface area (Å²) in [5.74, 6) is 0. The molecule has 0 radical (unpaired) electrons. The second-order valence-electron chi connectivity index (χ2n) is 5.56. The summed E-state index contributed by atoms with van der Waals surface area (Å²) in [5.41, 5.74) is 1.38. The molecule has 5 heteroatoms. The van der Waals surface area contributed by atoms with E-state index in [-0.39, 0.29) is 10.7 Å². The monoisotopic (exact) mass is 285 g/mol.